The van der Waals surface area contributed by atoms with Crippen molar-refractivity contribution >= 4 is 22.6 Å². The van der Waals surface area contributed by atoms with E-state index in [1.54, 1.807) is 18.2 Å². The first kappa shape index (κ1) is 21.6. The molecule has 4 aromatic rings. The van der Waals surface area contributed by atoms with Crippen LogP contribution in [-0.2, 0) is 6.42 Å². The van der Waals surface area contributed by atoms with Gasteiger partial charge in [-0.1, -0.05) is 30.3 Å². The molecule has 172 valence electrons. The molecular weight excluding hydrogens is 451 g/mol. The molecule has 0 aliphatic carbocycles. The normalized spacial score (nSPS) is 12.8. The first-order valence-electron chi connectivity index (χ1n) is 10.3. The summed E-state index contributed by atoms with van der Waals surface area (Å²) in [4.78, 5) is 25.2. The average molecular weight is 467 g/mol. The van der Waals surface area contributed by atoms with Gasteiger partial charge < -0.3 is 19.2 Å². The van der Waals surface area contributed by atoms with Gasteiger partial charge in [0.25, 0.3) is 5.91 Å². The van der Waals surface area contributed by atoms with E-state index in [9.17, 15) is 22.8 Å². The molecule has 1 N–H and O–H groups in total. The predicted molar refractivity (Wildman–Crippen MR) is 118 cm³/mol. The van der Waals surface area contributed by atoms with Crippen molar-refractivity contribution in [1.82, 2.24) is 0 Å². The maximum atomic E-state index is 12.8. The maximum Gasteiger partial charge on any atom is 0.573 e. The average Bonchev–Trinajstić information content (AvgIpc) is 3.26. The van der Waals surface area contributed by atoms with Crippen molar-refractivity contribution in [3.8, 4) is 22.6 Å². The molecule has 3 aromatic carbocycles. The number of rotatable bonds is 4. The number of hydrogen-bond donors (Lipinski definition) is 1. The van der Waals surface area contributed by atoms with Crippen LogP contribution in [0.15, 0.2) is 75.9 Å². The fourth-order valence-electron chi connectivity index (χ4n) is 3.82. The van der Waals surface area contributed by atoms with E-state index in [-0.39, 0.29) is 10.9 Å². The molecule has 1 amide bonds. The lowest BCUT2D eigenvalue weighted by Crippen LogP contribution is -2.21. The highest BCUT2D eigenvalue weighted by atomic mass is 19.4. The van der Waals surface area contributed by atoms with Crippen LogP contribution in [0.5, 0.6) is 11.5 Å². The molecule has 0 radical (unpaired) electrons. The lowest BCUT2D eigenvalue weighted by Gasteiger charge is -2.11. The zero-order valence-corrected chi connectivity index (χ0v) is 17.4. The minimum atomic E-state index is -4.96. The summed E-state index contributed by atoms with van der Waals surface area (Å²) in [6.45, 7) is 0.646. The van der Waals surface area contributed by atoms with E-state index >= 15 is 0 Å². The number of anilines is 1. The second-order valence-corrected chi connectivity index (χ2v) is 7.63. The van der Waals surface area contributed by atoms with Gasteiger partial charge in [-0.2, -0.15) is 0 Å². The molecule has 0 fully saturated rings. The Hall–Kier alpha value is -4.27. The van der Waals surface area contributed by atoms with Gasteiger partial charge in [0.15, 0.2) is 11.3 Å². The second kappa shape index (κ2) is 8.26. The van der Waals surface area contributed by atoms with Crippen molar-refractivity contribution in [2.45, 2.75) is 12.8 Å². The Morgan fingerprint density at radius 1 is 0.971 bits per heavy atom. The molecule has 0 saturated carbocycles. The summed E-state index contributed by atoms with van der Waals surface area (Å²) in [5.41, 5.74) is 1.51. The van der Waals surface area contributed by atoms with Gasteiger partial charge in [-0.3, -0.25) is 4.79 Å². The van der Waals surface area contributed by atoms with Gasteiger partial charge in [0.05, 0.1) is 6.61 Å². The minimum Gasteiger partial charge on any atom is -0.493 e. The number of para-hydroxylation sites is 1. The van der Waals surface area contributed by atoms with Gasteiger partial charge in [-0.15, -0.1) is 13.2 Å². The summed E-state index contributed by atoms with van der Waals surface area (Å²) in [5, 5.41) is 2.76. The van der Waals surface area contributed by atoms with Gasteiger partial charge in [0, 0.05) is 17.5 Å². The second-order valence-electron chi connectivity index (χ2n) is 7.63. The van der Waals surface area contributed by atoms with Crippen LogP contribution in [0.25, 0.3) is 22.1 Å². The van der Waals surface area contributed by atoms with Crippen LogP contribution in [0, 0.1) is 0 Å². The molecule has 1 aliphatic heterocycles. The zero-order chi connectivity index (χ0) is 23.9. The molecule has 0 bridgehead atoms. The van der Waals surface area contributed by atoms with Gasteiger partial charge in [0.2, 0.25) is 0 Å². The minimum absolute atomic E-state index is 0.112. The number of nitrogens with one attached hydrogen (secondary N) is 1. The largest absolute Gasteiger partial charge is 0.573 e. The van der Waals surface area contributed by atoms with Gasteiger partial charge >= 0.3 is 12.0 Å². The number of carbonyl (C=O) groups excluding carboxylic acids is 1. The molecule has 1 aromatic heterocycles. The predicted octanol–water partition coefficient (Wildman–Crippen LogP) is 5.55. The van der Waals surface area contributed by atoms with Crippen LogP contribution in [0.3, 0.4) is 0 Å². The monoisotopic (exact) mass is 467 g/mol. The quantitative estimate of drug-likeness (QED) is 0.399. The van der Waals surface area contributed by atoms with Gasteiger partial charge in [0.1, 0.15) is 11.3 Å². The first-order chi connectivity index (χ1) is 16.3. The fourth-order valence-corrected chi connectivity index (χ4v) is 3.82. The molecule has 0 atom stereocenters. The van der Waals surface area contributed by atoms with E-state index in [2.05, 4.69) is 10.1 Å². The van der Waals surface area contributed by atoms with Crippen LogP contribution in [0.1, 0.15) is 15.9 Å². The summed E-state index contributed by atoms with van der Waals surface area (Å²) >= 11 is 0. The van der Waals surface area contributed by atoms with Gasteiger partial charge in [-0.25, -0.2) is 4.79 Å². The summed E-state index contributed by atoms with van der Waals surface area (Å²) in [6.07, 6.45) is -4.13. The SMILES string of the molecule is O=C(Nc1cccc(-c2ccc3c(c2)CCO3)c1)c1cc2cccc(OC(F)(F)F)c2oc1=O. The molecule has 9 heteroatoms. The van der Waals surface area contributed by atoms with Crippen molar-refractivity contribution in [1.29, 1.82) is 0 Å². The number of hydrogen-bond acceptors (Lipinski definition) is 5. The third-order valence-corrected chi connectivity index (χ3v) is 5.34. The number of carbonyl (C=O) groups is 1. The Labute approximate surface area is 190 Å². The van der Waals surface area contributed by atoms with Crippen molar-refractivity contribution in [2.24, 2.45) is 0 Å². The highest BCUT2D eigenvalue weighted by Crippen LogP contribution is 2.32. The standard InChI is InChI=1S/C25H16F3NO5/c26-25(27,28)34-21-6-2-4-17-13-19(24(31)33-22(17)21)23(30)29-18-5-1-3-14(12-18)15-7-8-20-16(11-15)9-10-32-20/h1-8,11-13H,9-10H2,(H,29,30). The molecule has 5 rings (SSSR count). The van der Waals surface area contributed by atoms with E-state index in [0.29, 0.717) is 12.3 Å². The fraction of sp³-hybridized carbons (Fsp3) is 0.120. The molecule has 6 nitrogen and oxygen atoms in total. The Morgan fingerprint density at radius 2 is 1.76 bits per heavy atom. The number of benzene rings is 3. The summed E-state index contributed by atoms with van der Waals surface area (Å²) in [6, 6.07) is 17.8. The van der Waals surface area contributed by atoms with Crippen LogP contribution in [0.4, 0.5) is 18.9 Å². The Kier molecular flexibility index (Phi) is 5.24. The summed E-state index contributed by atoms with van der Waals surface area (Å²) < 4.78 is 52.3. The highest BCUT2D eigenvalue weighted by molar-refractivity contribution is 6.05. The van der Waals surface area contributed by atoms with E-state index < -0.39 is 29.2 Å². The van der Waals surface area contributed by atoms with Crippen LogP contribution in [0.2, 0.25) is 0 Å². The Bertz CT molecular complexity index is 1480. The molecule has 2 heterocycles. The number of halogens is 3. The van der Waals surface area contributed by atoms with E-state index in [4.69, 9.17) is 9.15 Å². The molecular formula is C25H16F3NO5. The highest BCUT2D eigenvalue weighted by Gasteiger charge is 2.32. The molecule has 0 unspecified atom stereocenters. The van der Waals surface area contributed by atoms with E-state index in [1.807, 2.05) is 24.3 Å². The Morgan fingerprint density at radius 3 is 2.59 bits per heavy atom. The van der Waals surface area contributed by atoms with Crippen molar-refractivity contribution in [3.63, 3.8) is 0 Å². The summed E-state index contributed by atoms with van der Waals surface area (Å²) in [5.74, 6) is -0.557. The third-order valence-electron chi connectivity index (χ3n) is 5.34. The van der Waals surface area contributed by atoms with Crippen LogP contribution < -0.4 is 20.4 Å². The van der Waals surface area contributed by atoms with Crippen molar-refractivity contribution in [2.75, 3.05) is 11.9 Å². The van der Waals surface area contributed by atoms with Crippen LogP contribution >= 0.6 is 0 Å². The van der Waals surface area contributed by atoms with E-state index in [0.717, 1.165) is 34.9 Å². The van der Waals surface area contributed by atoms with Crippen LogP contribution in [-0.4, -0.2) is 18.9 Å². The zero-order valence-electron chi connectivity index (χ0n) is 17.4. The molecule has 34 heavy (non-hydrogen) atoms. The Balaban J connectivity index is 1.42. The first-order valence-corrected chi connectivity index (χ1v) is 10.3. The topological polar surface area (TPSA) is 77.8 Å². The van der Waals surface area contributed by atoms with E-state index in [1.165, 1.54) is 18.2 Å². The maximum absolute atomic E-state index is 12.8. The molecule has 0 saturated heterocycles. The number of amides is 1. The molecule has 0 spiro atoms. The van der Waals surface area contributed by atoms with Crippen molar-refractivity contribution in [3.05, 3.63) is 88.3 Å². The molecule has 1 aliphatic rings. The van der Waals surface area contributed by atoms with Crippen molar-refractivity contribution < 1.29 is 31.9 Å². The van der Waals surface area contributed by atoms with Gasteiger partial charge in [-0.05, 0) is 53.1 Å². The number of alkyl halides is 3. The lowest BCUT2D eigenvalue weighted by atomic mass is 10.0. The third kappa shape index (κ3) is 4.32. The number of fused-ring (bicyclic) bond motifs is 2. The smallest absolute Gasteiger partial charge is 0.493 e. The lowest BCUT2D eigenvalue weighted by molar-refractivity contribution is -0.274. The summed E-state index contributed by atoms with van der Waals surface area (Å²) in [7, 11) is 0. The number of ether oxygens (including phenoxy) is 2.